The van der Waals surface area contributed by atoms with Crippen LogP contribution in [0.2, 0.25) is 5.02 Å². The Labute approximate surface area is 156 Å². The van der Waals surface area contributed by atoms with Crippen LogP contribution in [0.5, 0.6) is 0 Å². The summed E-state index contributed by atoms with van der Waals surface area (Å²) in [7, 11) is 0. The lowest BCUT2D eigenvalue weighted by molar-refractivity contribution is 0.949. The van der Waals surface area contributed by atoms with E-state index in [4.69, 9.17) is 11.6 Å². The van der Waals surface area contributed by atoms with Crippen molar-refractivity contribution in [2.45, 2.75) is 20.8 Å². The summed E-state index contributed by atoms with van der Waals surface area (Å²) in [6.45, 7) is 6.05. The van der Waals surface area contributed by atoms with Crippen LogP contribution in [0.25, 0.3) is 22.6 Å². The third-order valence-electron chi connectivity index (χ3n) is 4.61. The Morgan fingerprint density at radius 2 is 1.77 bits per heavy atom. The molecule has 4 rings (SSSR count). The summed E-state index contributed by atoms with van der Waals surface area (Å²) in [6, 6.07) is 11.8. The Hall–Kier alpha value is -2.85. The van der Waals surface area contributed by atoms with E-state index >= 15 is 0 Å². The van der Waals surface area contributed by atoms with Crippen LogP contribution in [0.3, 0.4) is 0 Å². The molecule has 0 radical (unpaired) electrons. The van der Waals surface area contributed by atoms with E-state index in [-0.39, 0.29) is 5.56 Å². The number of hydrogen-bond acceptors (Lipinski definition) is 2. The predicted molar refractivity (Wildman–Crippen MR) is 105 cm³/mol. The van der Waals surface area contributed by atoms with Gasteiger partial charge < -0.3 is 4.40 Å². The highest BCUT2D eigenvalue weighted by molar-refractivity contribution is 6.31. The number of rotatable bonds is 2. The molecule has 0 saturated heterocycles. The molecular formula is C21H18ClN3O. The zero-order chi connectivity index (χ0) is 18.4. The van der Waals surface area contributed by atoms with Gasteiger partial charge in [-0.25, -0.2) is 4.98 Å². The minimum absolute atomic E-state index is 0.177. The second kappa shape index (κ2) is 6.15. The van der Waals surface area contributed by atoms with Crippen LogP contribution in [0.4, 0.5) is 0 Å². The summed E-state index contributed by atoms with van der Waals surface area (Å²) in [5.74, 6) is 0. The highest BCUT2D eigenvalue weighted by Crippen LogP contribution is 2.24. The lowest BCUT2D eigenvalue weighted by Gasteiger charge is -2.07. The second-order valence-electron chi connectivity index (χ2n) is 6.58. The first-order chi connectivity index (χ1) is 12.4. The maximum atomic E-state index is 12.9. The summed E-state index contributed by atoms with van der Waals surface area (Å²) >= 11 is 6.21. The molecule has 0 amide bonds. The zero-order valence-electron chi connectivity index (χ0n) is 14.8. The number of aromatic nitrogens is 3. The van der Waals surface area contributed by atoms with E-state index in [0.717, 1.165) is 28.1 Å². The molecule has 4 aromatic rings. The largest absolute Gasteiger partial charge is 0.300 e. The van der Waals surface area contributed by atoms with Crippen LogP contribution in [0.15, 0.2) is 59.8 Å². The standard InChI is InChI=1S/C21H18ClN3O/c1-13-4-7-17(15(3)10-13)19-12-24-8-9-25(21(26)20(24)23-19)16-6-5-14(2)18(22)11-16/h4-12H,1-3H3. The monoisotopic (exact) mass is 363 g/mol. The number of nitrogens with zero attached hydrogens (tertiary/aromatic N) is 3. The van der Waals surface area contributed by atoms with Crippen LogP contribution >= 0.6 is 11.6 Å². The van der Waals surface area contributed by atoms with E-state index in [1.54, 1.807) is 21.2 Å². The fourth-order valence-corrected chi connectivity index (χ4v) is 3.32. The predicted octanol–water partition coefficient (Wildman–Crippen LogP) is 4.73. The van der Waals surface area contributed by atoms with Gasteiger partial charge in [-0.05, 0) is 44.0 Å². The van der Waals surface area contributed by atoms with Crippen LogP contribution in [-0.2, 0) is 0 Å². The molecule has 4 nitrogen and oxygen atoms in total. The Balaban J connectivity index is 1.88. The van der Waals surface area contributed by atoms with E-state index in [1.807, 2.05) is 37.5 Å². The molecule has 0 fully saturated rings. The number of imidazole rings is 1. The molecule has 0 N–H and O–H groups in total. The van der Waals surface area contributed by atoms with Crippen molar-refractivity contribution >= 4 is 17.2 Å². The van der Waals surface area contributed by atoms with Gasteiger partial charge in [-0.3, -0.25) is 9.36 Å². The highest BCUT2D eigenvalue weighted by Gasteiger charge is 2.12. The molecule has 0 aliphatic heterocycles. The first-order valence-corrected chi connectivity index (χ1v) is 8.76. The molecule has 0 unspecified atom stereocenters. The minimum atomic E-state index is -0.177. The number of halogens is 1. The van der Waals surface area contributed by atoms with Gasteiger partial charge in [-0.1, -0.05) is 41.4 Å². The van der Waals surface area contributed by atoms with Crippen LogP contribution in [-0.4, -0.2) is 14.0 Å². The fraction of sp³-hybridized carbons (Fsp3) is 0.143. The van der Waals surface area contributed by atoms with E-state index in [9.17, 15) is 4.79 Å². The number of aryl methyl sites for hydroxylation is 3. The van der Waals surface area contributed by atoms with Crippen molar-refractivity contribution in [2.24, 2.45) is 0 Å². The Morgan fingerprint density at radius 3 is 2.50 bits per heavy atom. The number of benzene rings is 2. The molecule has 0 saturated carbocycles. The van der Waals surface area contributed by atoms with Crippen LogP contribution in [0, 0.1) is 20.8 Å². The first-order valence-electron chi connectivity index (χ1n) is 8.38. The average Bonchev–Trinajstić information content (AvgIpc) is 3.03. The molecule has 0 atom stereocenters. The minimum Gasteiger partial charge on any atom is -0.300 e. The highest BCUT2D eigenvalue weighted by atomic mass is 35.5. The lowest BCUT2D eigenvalue weighted by Crippen LogP contribution is -2.19. The van der Waals surface area contributed by atoms with Gasteiger partial charge in [0.05, 0.1) is 11.4 Å². The Bertz CT molecular complexity index is 1200. The van der Waals surface area contributed by atoms with Gasteiger partial charge in [0.2, 0.25) is 5.65 Å². The van der Waals surface area contributed by atoms with E-state index in [0.29, 0.717) is 10.7 Å². The van der Waals surface area contributed by atoms with Crippen molar-refractivity contribution in [3.63, 3.8) is 0 Å². The maximum absolute atomic E-state index is 12.9. The molecule has 0 spiro atoms. The number of fused-ring (bicyclic) bond motifs is 1. The molecule has 2 aromatic heterocycles. The van der Waals surface area contributed by atoms with Crippen molar-refractivity contribution in [1.82, 2.24) is 14.0 Å². The smallest absolute Gasteiger partial charge is 0.298 e. The van der Waals surface area contributed by atoms with E-state index in [1.165, 1.54) is 5.56 Å². The topological polar surface area (TPSA) is 39.3 Å². The van der Waals surface area contributed by atoms with Gasteiger partial charge in [0.15, 0.2) is 0 Å². The molecule has 0 bridgehead atoms. The van der Waals surface area contributed by atoms with Gasteiger partial charge >= 0.3 is 0 Å². The third-order valence-corrected chi connectivity index (χ3v) is 5.02. The molecule has 2 aromatic carbocycles. The Morgan fingerprint density at radius 1 is 0.962 bits per heavy atom. The molecule has 2 heterocycles. The van der Waals surface area contributed by atoms with Crippen LogP contribution < -0.4 is 5.56 Å². The van der Waals surface area contributed by atoms with Crippen molar-refractivity contribution in [3.05, 3.63) is 87.1 Å². The average molecular weight is 364 g/mol. The van der Waals surface area contributed by atoms with Gasteiger partial charge in [-0.2, -0.15) is 0 Å². The summed E-state index contributed by atoms with van der Waals surface area (Å²) in [6.07, 6.45) is 5.47. The summed E-state index contributed by atoms with van der Waals surface area (Å²) in [4.78, 5) is 17.5. The zero-order valence-corrected chi connectivity index (χ0v) is 15.6. The molecule has 130 valence electrons. The van der Waals surface area contributed by atoms with Crippen molar-refractivity contribution in [3.8, 4) is 16.9 Å². The first kappa shape index (κ1) is 16.6. The van der Waals surface area contributed by atoms with E-state index < -0.39 is 0 Å². The SMILES string of the molecule is Cc1ccc(-c2cn3ccn(-c4ccc(C)c(Cl)c4)c(=O)c3n2)c(C)c1. The Kier molecular flexibility index (Phi) is 3.93. The van der Waals surface area contributed by atoms with Crippen LogP contribution in [0.1, 0.15) is 16.7 Å². The van der Waals surface area contributed by atoms with Crippen molar-refractivity contribution in [1.29, 1.82) is 0 Å². The van der Waals surface area contributed by atoms with Crippen molar-refractivity contribution in [2.75, 3.05) is 0 Å². The third kappa shape index (κ3) is 2.72. The molecular weight excluding hydrogens is 346 g/mol. The quantitative estimate of drug-likeness (QED) is 0.516. The molecule has 0 aliphatic rings. The summed E-state index contributed by atoms with van der Waals surface area (Å²) < 4.78 is 3.34. The van der Waals surface area contributed by atoms with Gasteiger partial charge in [0.25, 0.3) is 5.56 Å². The van der Waals surface area contributed by atoms with Gasteiger partial charge in [-0.15, -0.1) is 0 Å². The maximum Gasteiger partial charge on any atom is 0.298 e. The summed E-state index contributed by atoms with van der Waals surface area (Å²) in [5, 5.41) is 0.633. The second-order valence-corrected chi connectivity index (χ2v) is 6.99. The van der Waals surface area contributed by atoms with Gasteiger partial charge in [0.1, 0.15) is 0 Å². The molecule has 0 aliphatic carbocycles. The normalized spacial score (nSPS) is 11.2. The van der Waals surface area contributed by atoms with Crippen molar-refractivity contribution < 1.29 is 0 Å². The molecule has 26 heavy (non-hydrogen) atoms. The summed E-state index contributed by atoms with van der Waals surface area (Å²) in [5.41, 5.74) is 6.07. The lowest BCUT2D eigenvalue weighted by atomic mass is 10.0. The molecule has 5 heteroatoms. The van der Waals surface area contributed by atoms with Gasteiger partial charge in [0, 0.05) is 29.2 Å². The van der Waals surface area contributed by atoms with E-state index in [2.05, 4.69) is 31.0 Å². The number of hydrogen-bond donors (Lipinski definition) is 0. The fourth-order valence-electron chi connectivity index (χ4n) is 3.15.